The summed E-state index contributed by atoms with van der Waals surface area (Å²) in [5.74, 6) is -1.05. The highest BCUT2D eigenvalue weighted by Crippen LogP contribution is 2.33. The molecule has 0 aliphatic carbocycles. The summed E-state index contributed by atoms with van der Waals surface area (Å²) in [6.07, 6.45) is 0. The van der Waals surface area contributed by atoms with Gasteiger partial charge in [-0.3, -0.25) is 0 Å². The van der Waals surface area contributed by atoms with Gasteiger partial charge in [-0.05, 0) is 42.0 Å². The van der Waals surface area contributed by atoms with Crippen LogP contribution >= 0.6 is 27.7 Å². The largest absolute Gasteiger partial charge is 0.310 e. The predicted molar refractivity (Wildman–Crippen MR) is 86.6 cm³/mol. The molecule has 0 fully saturated rings. The van der Waals surface area contributed by atoms with E-state index in [-0.39, 0.29) is 10.9 Å². The number of rotatable bonds is 5. The summed E-state index contributed by atoms with van der Waals surface area (Å²) in [4.78, 5) is 0.828. The minimum absolute atomic E-state index is 0.0330. The van der Waals surface area contributed by atoms with Crippen molar-refractivity contribution in [3.8, 4) is 0 Å². The molecule has 0 bridgehead atoms. The normalized spacial score (nSPS) is 11.1. The Morgan fingerprint density at radius 2 is 1.67 bits per heavy atom. The van der Waals surface area contributed by atoms with E-state index in [0.29, 0.717) is 12.1 Å². The standard InChI is InChI=1S/C16H16BrF2NS/c1-10(2)20-9-11-7-14(18)16(15(19)8-11)21-13-5-3-12(17)4-6-13/h3-8,10,20H,9H2,1-2H3. The molecule has 2 rings (SSSR count). The maximum atomic E-state index is 14.1. The second kappa shape index (κ2) is 7.38. The Labute approximate surface area is 136 Å². The summed E-state index contributed by atoms with van der Waals surface area (Å²) in [5.41, 5.74) is 0.610. The first-order chi connectivity index (χ1) is 9.95. The molecule has 0 saturated carbocycles. The van der Waals surface area contributed by atoms with Crippen LogP contribution in [0.1, 0.15) is 19.4 Å². The van der Waals surface area contributed by atoms with Gasteiger partial charge in [0, 0.05) is 22.0 Å². The first-order valence-corrected chi connectivity index (χ1v) is 8.21. The SMILES string of the molecule is CC(C)NCc1cc(F)c(Sc2ccc(Br)cc2)c(F)c1. The first-order valence-electron chi connectivity index (χ1n) is 6.60. The third-order valence-electron chi connectivity index (χ3n) is 2.81. The van der Waals surface area contributed by atoms with Crippen LogP contribution < -0.4 is 5.32 Å². The fourth-order valence-corrected chi connectivity index (χ4v) is 2.84. The predicted octanol–water partition coefficient (Wildman–Crippen LogP) is 5.38. The average molecular weight is 372 g/mol. The van der Waals surface area contributed by atoms with E-state index in [1.165, 1.54) is 12.1 Å². The van der Waals surface area contributed by atoms with Crippen molar-refractivity contribution in [3.05, 3.63) is 58.1 Å². The van der Waals surface area contributed by atoms with Crippen molar-refractivity contribution >= 4 is 27.7 Å². The maximum Gasteiger partial charge on any atom is 0.140 e. The highest BCUT2D eigenvalue weighted by atomic mass is 79.9. The third-order valence-corrected chi connectivity index (χ3v) is 4.44. The highest BCUT2D eigenvalue weighted by Gasteiger charge is 2.13. The number of hydrogen-bond acceptors (Lipinski definition) is 2. The molecule has 0 saturated heterocycles. The fourth-order valence-electron chi connectivity index (χ4n) is 1.75. The average Bonchev–Trinajstić information content (AvgIpc) is 2.42. The maximum absolute atomic E-state index is 14.1. The zero-order valence-corrected chi connectivity index (χ0v) is 14.2. The molecule has 0 spiro atoms. The summed E-state index contributed by atoms with van der Waals surface area (Å²) < 4.78 is 29.1. The van der Waals surface area contributed by atoms with Gasteiger partial charge in [0.2, 0.25) is 0 Å². The molecule has 0 aliphatic heterocycles. The van der Waals surface area contributed by atoms with Gasteiger partial charge < -0.3 is 5.32 Å². The lowest BCUT2D eigenvalue weighted by Crippen LogP contribution is -2.22. The number of benzene rings is 2. The van der Waals surface area contributed by atoms with E-state index >= 15 is 0 Å². The zero-order chi connectivity index (χ0) is 15.4. The van der Waals surface area contributed by atoms with Crippen molar-refractivity contribution in [2.45, 2.75) is 36.2 Å². The lowest BCUT2D eigenvalue weighted by atomic mass is 10.2. The molecule has 1 N–H and O–H groups in total. The van der Waals surface area contributed by atoms with Crippen molar-refractivity contribution in [2.75, 3.05) is 0 Å². The Bertz CT molecular complexity index is 591. The van der Waals surface area contributed by atoms with E-state index < -0.39 is 11.6 Å². The van der Waals surface area contributed by atoms with Crippen molar-refractivity contribution in [1.82, 2.24) is 5.32 Å². The van der Waals surface area contributed by atoms with Crippen LogP contribution in [0.3, 0.4) is 0 Å². The summed E-state index contributed by atoms with van der Waals surface area (Å²) in [6.45, 7) is 4.43. The molecule has 2 aromatic carbocycles. The molecule has 0 amide bonds. The van der Waals surface area contributed by atoms with Gasteiger partial charge in [0.15, 0.2) is 0 Å². The van der Waals surface area contributed by atoms with Gasteiger partial charge in [0.05, 0.1) is 4.90 Å². The highest BCUT2D eigenvalue weighted by molar-refractivity contribution is 9.10. The lowest BCUT2D eigenvalue weighted by Gasteiger charge is -2.11. The molecule has 0 heterocycles. The Hall–Kier alpha value is -0.910. The van der Waals surface area contributed by atoms with Gasteiger partial charge in [0.1, 0.15) is 11.6 Å². The Morgan fingerprint density at radius 3 is 2.19 bits per heavy atom. The summed E-state index contributed by atoms with van der Waals surface area (Å²) in [5, 5.41) is 3.15. The van der Waals surface area contributed by atoms with Crippen LogP contribution in [0.5, 0.6) is 0 Å². The second-order valence-corrected chi connectivity index (χ2v) is 6.98. The van der Waals surface area contributed by atoms with Gasteiger partial charge in [-0.15, -0.1) is 0 Å². The van der Waals surface area contributed by atoms with E-state index in [0.717, 1.165) is 21.1 Å². The molecule has 5 heteroatoms. The van der Waals surface area contributed by atoms with Gasteiger partial charge in [-0.1, -0.05) is 41.5 Å². The van der Waals surface area contributed by atoms with Crippen molar-refractivity contribution < 1.29 is 8.78 Å². The van der Waals surface area contributed by atoms with Crippen LogP contribution in [0.15, 0.2) is 50.7 Å². The summed E-state index contributed by atoms with van der Waals surface area (Å²) in [7, 11) is 0. The van der Waals surface area contributed by atoms with Gasteiger partial charge in [-0.25, -0.2) is 8.78 Å². The third kappa shape index (κ3) is 4.80. The van der Waals surface area contributed by atoms with Gasteiger partial charge >= 0.3 is 0 Å². The van der Waals surface area contributed by atoms with E-state index in [9.17, 15) is 8.78 Å². The zero-order valence-electron chi connectivity index (χ0n) is 11.8. The van der Waals surface area contributed by atoms with Gasteiger partial charge in [-0.2, -0.15) is 0 Å². The Morgan fingerprint density at radius 1 is 1.10 bits per heavy atom. The second-order valence-electron chi connectivity index (χ2n) is 4.98. The summed E-state index contributed by atoms with van der Waals surface area (Å²) >= 11 is 4.43. The summed E-state index contributed by atoms with van der Waals surface area (Å²) in [6, 6.07) is 10.4. The van der Waals surface area contributed by atoms with Crippen LogP contribution in [-0.2, 0) is 6.54 Å². The first kappa shape index (κ1) is 16.5. The molecule has 0 unspecified atom stereocenters. The molecule has 21 heavy (non-hydrogen) atoms. The van der Waals surface area contributed by atoms with Crippen molar-refractivity contribution in [3.63, 3.8) is 0 Å². The van der Waals surface area contributed by atoms with Crippen LogP contribution in [-0.4, -0.2) is 6.04 Å². The Kier molecular flexibility index (Phi) is 5.79. The van der Waals surface area contributed by atoms with E-state index in [1.807, 2.05) is 38.1 Å². The topological polar surface area (TPSA) is 12.0 Å². The van der Waals surface area contributed by atoms with Crippen LogP contribution in [0.4, 0.5) is 8.78 Å². The van der Waals surface area contributed by atoms with Crippen molar-refractivity contribution in [1.29, 1.82) is 0 Å². The molecule has 1 nitrogen and oxygen atoms in total. The van der Waals surface area contributed by atoms with Crippen LogP contribution in [0.25, 0.3) is 0 Å². The molecule has 0 radical (unpaired) electrons. The van der Waals surface area contributed by atoms with Crippen LogP contribution in [0.2, 0.25) is 0 Å². The van der Waals surface area contributed by atoms with Crippen molar-refractivity contribution in [2.24, 2.45) is 0 Å². The molecular weight excluding hydrogens is 356 g/mol. The Balaban J connectivity index is 2.18. The monoisotopic (exact) mass is 371 g/mol. The number of halogens is 3. The smallest absolute Gasteiger partial charge is 0.140 e. The fraction of sp³-hybridized carbons (Fsp3) is 0.250. The molecule has 2 aromatic rings. The quantitative estimate of drug-likeness (QED) is 0.757. The molecule has 0 atom stereocenters. The number of hydrogen-bond donors (Lipinski definition) is 1. The molecule has 112 valence electrons. The van der Waals surface area contributed by atoms with E-state index in [4.69, 9.17) is 0 Å². The molecular formula is C16H16BrF2NS. The molecule has 0 aliphatic rings. The van der Waals surface area contributed by atoms with Gasteiger partial charge in [0.25, 0.3) is 0 Å². The number of nitrogens with one attached hydrogen (secondary N) is 1. The van der Waals surface area contributed by atoms with Crippen LogP contribution in [0, 0.1) is 11.6 Å². The minimum Gasteiger partial charge on any atom is -0.310 e. The minimum atomic E-state index is -0.525. The lowest BCUT2D eigenvalue weighted by molar-refractivity contribution is 0.529. The molecule has 0 aromatic heterocycles. The van der Waals surface area contributed by atoms with E-state index in [2.05, 4.69) is 21.2 Å². The van der Waals surface area contributed by atoms with E-state index in [1.54, 1.807) is 0 Å².